The molecule has 5 nitrogen and oxygen atoms in total. The van der Waals surface area contributed by atoms with Crippen LogP contribution in [0.1, 0.15) is 58.9 Å². The summed E-state index contributed by atoms with van der Waals surface area (Å²) >= 11 is 6.29. The number of benzene rings is 1. The van der Waals surface area contributed by atoms with Gasteiger partial charge in [-0.1, -0.05) is 18.0 Å². The van der Waals surface area contributed by atoms with E-state index in [1.165, 1.54) is 19.3 Å². The molecule has 0 radical (unpaired) electrons. The molecule has 1 fully saturated rings. The minimum absolute atomic E-state index is 0.169. The van der Waals surface area contributed by atoms with E-state index in [1.807, 2.05) is 32.9 Å². The summed E-state index contributed by atoms with van der Waals surface area (Å²) in [6.45, 7) is 7.98. The Balaban J connectivity index is 1.77. The Morgan fingerprint density at radius 2 is 1.96 bits per heavy atom. The molecule has 1 saturated carbocycles. The average molecular weight is 402 g/mol. The van der Waals surface area contributed by atoms with Crippen molar-refractivity contribution in [1.82, 2.24) is 10.3 Å². The number of anilines is 1. The number of aromatic nitrogens is 1. The van der Waals surface area contributed by atoms with Crippen molar-refractivity contribution in [2.45, 2.75) is 59.5 Å². The molecule has 3 rings (SSSR count). The maximum absolute atomic E-state index is 12.8. The number of carbonyl (C=O) groups is 1. The minimum atomic E-state index is -0.237. The Kier molecular flexibility index (Phi) is 6.14. The number of halogens is 1. The molecule has 1 amide bonds. The van der Waals surface area contributed by atoms with Crippen LogP contribution in [0.3, 0.4) is 0 Å². The fraction of sp³-hybridized carbons (Fsp3) is 0.455. The van der Waals surface area contributed by atoms with Crippen molar-refractivity contribution in [3.05, 3.63) is 61.5 Å². The number of aromatic amines is 1. The highest BCUT2D eigenvalue weighted by Gasteiger charge is 2.24. The van der Waals surface area contributed by atoms with Crippen LogP contribution in [0.4, 0.5) is 5.69 Å². The zero-order valence-electron chi connectivity index (χ0n) is 16.9. The molecule has 1 aliphatic rings. The van der Waals surface area contributed by atoms with E-state index >= 15 is 0 Å². The SMILES string of the molecule is Cc1cc(C)c(CNC(=O)c2cc(Cl)cc(NC(C)C3CCC3)c2C)c(=O)[nH]1. The van der Waals surface area contributed by atoms with Gasteiger partial charge >= 0.3 is 0 Å². The second-order valence-corrected chi connectivity index (χ2v) is 8.31. The van der Waals surface area contributed by atoms with E-state index in [2.05, 4.69) is 22.5 Å². The standard InChI is InChI=1S/C22H28ClN3O2/c1-12-8-13(2)25-22(28)19(12)11-24-21(27)18-9-17(23)10-20(14(18)3)26-15(4)16-6-5-7-16/h8-10,15-16,26H,5-7,11H2,1-4H3,(H,24,27)(H,25,28). The zero-order valence-corrected chi connectivity index (χ0v) is 17.7. The number of carbonyl (C=O) groups excluding carboxylic acids is 1. The summed E-state index contributed by atoms with van der Waals surface area (Å²) in [6.07, 6.45) is 3.77. The lowest BCUT2D eigenvalue weighted by Crippen LogP contribution is -2.31. The second kappa shape index (κ2) is 8.39. The van der Waals surface area contributed by atoms with Gasteiger partial charge in [0.15, 0.2) is 0 Å². The van der Waals surface area contributed by atoms with E-state index in [1.54, 1.807) is 6.07 Å². The smallest absolute Gasteiger partial charge is 0.253 e. The first-order chi connectivity index (χ1) is 13.3. The lowest BCUT2D eigenvalue weighted by molar-refractivity contribution is 0.0950. The number of pyridine rings is 1. The minimum Gasteiger partial charge on any atom is -0.382 e. The summed E-state index contributed by atoms with van der Waals surface area (Å²) < 4.78 is 0. The Morgan fingerprint density at radius 3 is 2.57 bits per heavy atom. The lowest BCUT2D eigenvalue weighted by Gasteiger charge is -2.33. The Bertz CT molecular complexity index is 948. The third kappa shape index (κ3) is 4.41. The van der Waals surface area contributed by atoms with Crippen molar-refractivity contribution >= 4 is 23.2 Å². The summed E-state index contributed by atoms with van der Waals surface area (Å²) in [4.78, 5) is 27.8. The number of hydrogen-bond acceptors (Lipinski definition) is 3. The molecular weight excluding hydrogens is 374 g/mol. The van der Waals surface area contributed by atoms with E-state index < -0.39 is 0 Å². The fourth-order valence-corrected chi connectivity index (χ4v) is 3.95. The Labute approximate surface area is 170 Å². The molecule has 1 unspecified atom stereocenters. The van der Waals surface area contributed by atoms with Crippen LogP contribution >= 0.6 is 11.6 Å². The molecule has 0 aliphatic heterocycles. The first-order valence-electron chi connectivity index (χ1n) is 9.80. The van der Waals surface area contributed by atoms with Gasteiger partial charge in [0.1, 0.15) is 0 Å². The van der Waals surface area contributed by atoms with Gasteiger partial charge in [0.05, 0.1) is 0 Å². The van der Waals surface area contributed by atoms with Crippen LogP contribution in [0.25, 0.3) is 0 Å². The largest absolute Gasteiger partial charge is 0.382 e. The Morgan fingerprint density at radius 1 is 1.25 bits per heavy atom. The molecule has 0 bridgehead atoms. The molecule has 28 heavy (non-hydrogen) atoms. The maximum Gasteiger partial charge on any atom is 0.253 e. The first kappa shape index (κ1) is 20.5. The summed E-state index contributed by atoms with van der Waals surface area (Å²) in [5.74, 6) is 0.436. The van der Waals surface area contributed by atoms with Gasteiger partial charge in [0, 0.05) is 40.1 Å². The Hall–Kier alpha value is -2.27. The quantitative estimate of drug-likeness (QED) is 0.667. The molecule has 0 spiro atoms. The summed E-state index contributed by atoms with van der Waals surface area (Å²) in [6, 6.07) is 5.79. The van der Waals surface area contributed by atoms with Crippen LogP contribution in [-0.2, 0) is 6.54 Å². The van der Waals surface area contributed by atoms with Gasteiger partial charge in [0.25, 0.3) is 11.5 Å². The molecule has 1 aliphatic carbocycles. The van der Waals surface area contributed by atoms with Crippen LogP contribution < -0.4 is 16.2 Å². The first-order valence-corrected chi connectivity index (χ1v) is 10.2. The molecule has 1 heterocycles. The van der Waals surface area contributed by atoms with Gasteiger partial charge in [-0.2, -0.15) is 0 Å². The van der Waals surface area contributed by atoms with E-state index in [0.29, 0.717) is 28.1 Å². The molecule has 1 aromatic heterocycles. The highest BCUT2D eigenvalue weighted by Crippen LogP contribution is 2.33. The van der Waals surface area contributed by atoms with Crippen LogP contribution in [-0.4, -0.2) is 16.9 Å². The third-order valence-corrected chi connectivity index (χ3v) is 5.99. The summed E-state index contributed by atoms with van der Waals surface area (Å²) in [5, 5.41) is 6.91. The molecule has 150 valence electrons. The van der Waals surface area contributed by atoms with Crippen molar-refractivity contribution in [2.75, 3.05) is 5.32 Å². The number of amides is 1. The van der Waals surface area contributed by atoms with Crippen molar-refractivity contribution < 1.29 is 4.79 Å². The normalized spacial score (nSPS) is 15.0. The van der Waals surface area contributed by atoms with E-state index in [-0.39, 0.29) is 18.0 Å². The summed E-state index contributed by atoms with van der Waals surface area (Å²) in [5.41, 5.74) is 4.34. The molecule has 1 atom stereocenters. The van der Waals surface area contributed by atoms with Gasteiger partial charge in [-0.25, -0.2) is 0 Å². The monoisotopic (exact) mass is 401 g/mol. The number of hydrogen-bond donors (Lipinski definition) is 3. The highest BCUT2D eigenvalue weighted by atomic mass is 35.5. The number of H-pyrrole nitrogens is 1. The molecule has 2 aromatic rings. The van der Waals surface area contributed by atoms with Crippen LogP contribution in [0.15, 0.2) is 23.0 Å². The van der Waals surface area contributed by atoms with Crippen LogP contribution in [0.5, 0.6) is 0 Å². The maximum atomic E-state index is 12.8. The number of rotatable bonds is 6. The molecule has 1 aromatic carbocycles. The van der Waals surface area contributed by atoms with Crippen molar-refractivity contribution in [3.63, 3.8) is 0 Å². The molecule has 0 saturated heterocycles. The average Bonchev–Trinajstić information content (AvgIpc) is 2.54. The fourth-order valence-electron chi connectivity index (χ4n) is 3.73. The second-order valence-electron chi connectivity index (χ2n) is 7.88. The number of nitrogens with one attached hydrogen (secondary N) is 3. The van der Waals surface area contributed by atoms with E-state index in [4.69, 9.17) is 11.6 Å². The van der Waals surface area contributed by atoms with Crippen LogP contribution in [0.2, 0.25) is 5.02 Å². The molecule has 6 heteroatoms. The van der Waals surface area contributed by atoms with Gasteiger partial charge in [0.2, 0.25) is 0 Å². The third-order valence-electron chi connectivity index (χ3n) is 5.78. The molecular formula is C22H28ClN3O2. The zero-order chi connectivity index (χ0) is 20.4. The van der Waals surface area contributed by atoms with E-state index in [0.717, 1.165) is 22.5 Å². The van der Waals surface area contributed by atoms with Crippen molar-refractivity contribution in [2.24, 2.45) is 5.92 Å². The van der Waals surface area contributed by atoms with Gasteiger partial charge < -0.3 is 15.6 Å². The highest BCUT2D eigenvalue weighted by molar-refractivity contribution is 6.31. The topological polar surface area (TPSA) is 74.0 Å². The van der Waals surface area contributed by atoms with Crippen molar-refractivity contribution in [1.29, 1.82) is 0 Å². The molecule has 3 N–H and O–H groups in total. The predicted octanol–water partition coefficient (Wildman–Crippen LogP) is 4.48. The predicted molar refractivity (Wildman–Crippen MR) is 114 cm³/mol. The van der Waals surface area contributed by atoms with Gasteiger partial charge in [-0.3, -0.25) is 9.59 Å². The lowest BCUT2D eigenvalue weighted by atomic mass is 9.80. The van der Waals surface area contributed by atoms with Crippen LogP contribution in [0, 0.1) is 26.7 Å². The van der Waals surface area contributed by atoms with Crippen molar-refractivity contribution in [3.8, 4) is 0 Å². The van der Waals surface area contributed by atoms with Gasteiger partial charge in [-0.05, 0) is 75.8 Å². The summed E-state index contributed by atoms with van der Waals surface area (Å²) in [7, 11) is 0. The number of aryl methyl sites for hydroxylation is 2. The van der Waals surface area contributed by atoms with Gasteiger partial charge in [-0.15, -0.1) is 0 Å². The van der Waals surface area contributed by atoms with E-state index in [9.17, 15) is 9.59 Å².